The fourth-order valence-electron chi connectivity index (χ4n) is 2.24. The number of piperidine rings is 1. The van der Waals surface area contributed by atoms with Crippen molar-refractivity contribution in [2.24, 2.45) is 5.92 Å². The fourth-order valence-corrected chi connectivity index (χ4v) is 4.33. The summed E-state index contributed by atoms with van der Waals surface area (Å²) in [6, 6.07) is 6.37. The molecular weight excluding hydrogens is 378 g/mol. The van der Waals surface area contributed by atoms with Crippen molar-refractivity contribution >= 4 is 38.4 Å². The van der Waals surface area contributed by atoms with Gasteiger partial charge in [-0.05, 0) is 43.6 Å². The molecule has 1 aromatic carbocycles. The van der Waals surface area contributed by atoms with E-state index in [1.54, 1.807) is 6.07 Å². The molecule has 0 amide bonds. The van der Waals surface area contributed by atoms with Gasteiger partial charge in [0.05, 0.1) is 16.5 Å². The van der Waals surface area contributed by atoms with Crippen LogP contribution in [0.1, 0.15) is 18.9 Å². The molecule has 0 saturated carbocycles. The second-order valence-corrected chi connectivity index (χ2v) is 7.61. The molecule has 0 aromatic heterocycles. The largest absolute Gasteiger partial charge is 0.316 e. The Morgan fingerprint density at radius 2 is 2.14 bits per heavy atom. The molecule has 1 aliphatic heterocycles. The first kappa shape index (κ1) is 18.4. The van der Waals surface area contributed by atoms with Gasteiger partial charge in [0, 0.05) is 10.5 Å². The average Bonchev–Trinajstić information content (AvgIpc) is 2.40. The number of nitriles is 1. The molecule has 5 nitrogen and oxygen atoms in total. The highest BCUT2D eigenvalue weighted by Crippen LogP contribution is 2.21. The quantitative estimate of drug-likeness (QED) is 0.822. The minimum absolute atomic E-state index is 0. The SMILES string of the molecule is CC1CNCCC1NS(=O)(=O)c1cc(Br)cc(C#N)c1.Cl. The first-order valence-corrected chi connectivity index (χ1v) is 8.64. The zero-order valence-corrected chi connectivity index (χ0v) is 14.7. The van der Waals surface area contributed by atoms with Crippen LogP contribution in [-0.2, 0) is 10.0 Å². The van der Waals surface area contributed by atoms with Crippen LogP contribution < -0.4 is 10.0 Å². The number of hydrogen-bond acceptors (Lipinski definition) is 4. The van der Waals surface area contributed by atoms with Gasteiger partial charge in [-0.2, -0.15) is 5.26 Å². The van der Waals surface area contributed by atoms with Gasteiger partial charge in [-0.25, -0.2) is 13.1 Å². The molecule has 0 radical (unpaired) electrons. The van der Waals surface area contributed by atoms with E-state index in [4.69, 9.17) is 5.26 Å². The second kappa shape index (κ2) is 7.56. The molecule has 1 aromatic rings. The third-order valence-corrected chi connectivity index (χ3v) is 5.33. The highest BCUT2D eigenvalue weighted by molar-refractivity contribution is 9.10. The molecule has 0 spiro atoms. The molecule has 1 fully saturated rings. The summed E-state index contributed by atoms with van der Waals surface area (Å²) in [5.41, 5.74) is 0.318. The highest BCUT2D eigenvalue weighted by Gasteiger charge is 2.27. The molecule has 2 rings (SSSR count). The number of hydrogen-bond donors (Lipinski definition) is 2. The number of halogens is 2. The standard InChI is InChI=1S/C13H16BrN3O2S.ClH/c1-9-8-16-3-2-13(9)17-20(18,19)12-5-10(7-15)4-11(14)6-12;/h4-6,9,13,16-17H,2-3,8H2,1H3;1H. The number of sulfonamides is 1. The zero-order chi connectivity index (χ0) is 14.8. The summed E-state index contributed by atoms with van der Waals surface area (Å²) in [6.45, 7) is 3.62. The Morgan fingerprint density at radius 3 is 2.76 bits per heavy atom. The van der Waals surface area contributed by atoms with E-state index in [2.05, 4.69) is 26.0 Å². The summed E-state index contributed by atoms with van der Waals surface area (Å²) in [7, 11) is -3.61. The fraction of sp³-hybridized carbons (Fsp3) is 0.462. The van der Waals surface area contributed by atoms with Crippen LogP contribution in [0.3, 0.4) is 0 Å². The monoisotopic (exact) mass is 393 g/mol. The Morgan fingerprint density at radius 1 is 1.43 bits per heavy atom. The first-order valence-electron chi connectivity index (χ1n) is 6.36. The van der Waals surface area contributed by atoms with Crippen LogP contribution >= 0.6 is 28.3 Å². The number of nitrogens with zero attached hydrogens (tertiary/aromatic N) is 1. The van der Waals surface area contributed by atoms with Crippen LogP contribution in [-0.4, -0.2) is 27.5 Å². The maximum atomic E-state index is 12.4. The molecule has 1 aliphatic rings. The number of rotatable bonds is 3. The molecule has 2 unspecified atom stereocenters. The summed E-state index contributed by atoms with van der Waals surface area (Å²) in [4.78, 5) is 0.120. The molecule has 1 saturated heterocycles. The molecule has 0 bridgehead atoms. The maximum Gasteiger partial charge on any atom is 0.240 e. The lowest BCUT2D eigenvalue weighted by atomic mass is 9.97. The van der Waals surface area contributed by atoms with Crippen LogP contribution in [0.5, 0.6) is 0 Å². The van der Waals surface area contributed by atoms with Crippen molar-refractivity contribution in [3.63, 3.8) is 0 Å². The Bertz CT molecular complexity index is 645. The van der Waals surface area contributed by atoms with Crippen molar-refractivity contribution in [3.8, 4) is 6.07 Å². The van der Waals surface area contributed by atoms with Crippen LogP contribution in [0, 0.1) is 17.2 Å². The minimum Gasteiger partial charge on any atom is -0.316 e. The van der Waals surface area contributed by atoms with Crippen molar-refractivity contribution in [1.82, 2.24) is 10.0 Å². The highest BCUT2D eigenvalue weighted by atomic mass is 79.9. The summed E-state index contributed by atoms with van der Waals surface area (Å²) >= 11 is 3.23. The van der Waals surface area contributed by atoms with Crippen LogP contribution in [0.2, 0.25) is 0 Å². The summed E-state index contributed by atoms with van der Waals surface area (Å²) in [5.74, 6) is 0.237. The minimum atomic E-state index is -3.61. The molecular formula is C13H17BrClN3O2S. The van der Waals surface area contributed by atoms with Gasteiger partial charge in [0.25, 0.3) is 0 Å². The summed E-state index contributed by atoms with van der Waals surface area (Å²) < 4.78 is 28.1. The van der Waals surface area contributed by atoms with E-state index < -0.39 is 10.0 Å². The summed E-state index contributed by atoms with van der Waals surface area (Å²) in [5, 5.41) is 12.2. The Balaban J connectivity index is 0.00000220. The van der Waals surface area contributed by atoms with E-state index in [0.29, 0.717) is 10.0 Å². The Labute approximate surface area is 139 Å². The molecule has 116 valence electrons. The first-order chi connectivity index (χ1) is 9.42. The van der Waals surface area contributed by atoms with E-state index in [-0.39, 0.29) is 29.3 Å². The third-order valence-electron chi connectivity index (χ3n) is 3.40. The van der Waals surface area contributed by atoms with Gasteiger partial charge in [0.1, 0.15) is 0 Å². The molecule has 8 heteroatoms. The zero-order valence-electron chi connectivity index (χ0n) is 11.5. The molecule has 1 heterocycles. The number of nitrogens with one attached hydrogen (secondary N) is 2. The molecule has 2 atom stereocenters. The molecule has 2 N–H and O–H groups in total. The molecule has 21 heavy (non-hydrogen) atoms. The van der Waals surface area contributed by atoms with Crippen molar-refractivity contribution < 1.29 is 8.42 Å². The molecule has 0 aliphatic carbocycles. The van der Waals surface area contributed by atoms with Crippen molar-refractivity contribution in [1.29, 1.82) is 5.26 Å². The van der Waals surface area contributed by atoms with Gasteiger partial charge in [-0.3, -0.25) is 0 Å². The lowest BCUT2D eigenvalue weighted by Gasteiger charge is -2.30. The number of benzene rings is 1. The summed E-state index contributed by atoms with van der Waals surface area (Å²) in [6.07, 6.45) is 0.763. The topological polar surface area (TPSA) is 82.0 Å². The second-order valence-electron chi connectivity index (χ2n) is 4.99. The normalized spacial score (nSPS) is 22.1. The predicted octanol–water partition coefficient (Wildman–Crippen LogP) is 2.02. The lowest BCUT2D eigenvalue weighted by molar-refractivity contribution is 0.328. The van der Waals surface area contributed by atoms with Crippen LogP contribution in [0.25, 0.3) is 0 Å². The van der Waals surface area contributed by atoms with Gasteiger partial charge in [0.15, 0.2) is 0 Å². The van der Waals surface area contributed by atoms with Gasteiger partial charge in [-0.15, -0.1) is 12.4 Å². The Kier molecular flexibility index (Phi) is 6.63. The smallest absolute Gasteiger partial charge is 0.240 e. The lowest BCUT2D eigenvalue weighted by Crippen LogP contribution is -2.48. The van der Waals surface area contributed by atoms with Crippen molar-refractivity contribution in [3.05, 3.63) is 28.2 Å². The predicted molar refractivity (Wildman–Crippen MR) is 86.9 cm³/mol. The van der Waals surface area contributed by atoms with Gasteiger partial charge in [-0.1, -0.05) is 22.9 Å². The van der Waals surface area contributed by atoms with E-state index >= 15 is 0 Å². The average molecular weight is 395 g/mol. The van der Waals surface area contributed by atoms with Crippen molar-refractivity contribution in [2.75, 3.05) is 13.1 Å². The van der Waals surface area contributed by atoms with E-state index in [1.165, 1.54) is 12.1 Å². The van der Waals surface area contributed by atoms with Gasteiger partial charge in [0.2, 0.25) is 10.0 Å². The van der Waals surface area contributed by atoms with Crippen LogP contribution in [0.4, 0.5) is 0 Å². The van der Waals surface area contributed by atoms with E-state index in [1.807, 2.05) is 13.0 Å². The van der Waals surface area contributed by atoms with E-state index in [9.17, 15) is 8.42 Å². The Hall–Kier alpha value is -0.650. The third kappa shape index (κ3) is 4.66. The van der Waals surface area contributed by atoms with E-state index in [0.717, 1.165) is 19.5 Å². The maximum absolute atomic E-state index is 12.4. The van der Waals surface area contributed by atoms with Gasteiger partial charge >= 0.3 is 0 Å². The van der Waals surface area contributed by atoms with Crippen molar-refractivity contribution in [2.45, 2.75) is 24.3 Å². The van der Waals surface area contributed by atoms with Crippen LogP contribution in [0.15, 0.2) is 27.6 Å². The van der Waals surface area contributed by atoms with Gasteiger partial charge < -0.3 is 5.32 Å².